The molecule has 0 fully saturated rings. The Morgan fingerprint density at radius 2 is 2.00 bits per heavy atom. The number of aromatic nitrogens is 4. The summed E-state index contributed by atoms with van der Waals surface area (Å²) in [5.74, 6) is -0.0859. The van der Waals surface area contributed by atoms with Crippen molar-refractivity contribution in [3.8, 4) is 0 Å². The quantitative estimate of drug-likeness (QED) is 0.709. The molecule has 0 aliphatic carbocycles. The highest BCUT2D eigenvalue weighted by molar-refractivity contribution is 9.10. The highest BCUT2D eigenvalue weighted by Crippen LogP contribution is 2.34. The third kappa shape index (κ3) is 2.97. The molecule has 0 aliphatic heterocycles. The highest BCUT2D eigenvalue weighted by atomic mass is 79.9. The molecule has 0 bridgehead atoms. The van der Waals surface area contributed by atoms with Crippen LogP contribution >= 0.6 is 27.7 Å². The maximum atomic E-state index is 11.0. The lowest BCUT2D eigenvalue weighted by Crippen LogP contribution is -2.05. The lowest BCUT2D eigenvalue weighted by molar-refractivity contribution is -0.114. The van der Waals surface area contributed by atoms with E-state index < -0.39 is 0 Å². The fourth-order valence-electron chi connectivity index (χ4n) is 2.01. The Labute approximate surface area is 139 Å². The Morgan fingerprint density at radius 1 is 1.27 bits per heavy atom. The molecule has 8 heteroatoms. The van der Waals surface area contributed by atoms with Gasteiger partial charge in [-0.2, -0.15) is 5.10 Å². The third-order valence-electron chi connectivity index (χ3n) is 2.93. The van der Waals surface area contributed by atoms with E-state index in [1.54, 1.807) is 4.68 Å². The van der Waals surface area contributed by atoms with Crippen molar-refractivity contribution >= 4 is 50.3 Å². The van der Waals surface area contributed by atoms with Crippen molar-refractivity contribution in [3.05, 3.63) is 35.2 Å². The lowest BCUT2D eigenvalue weighted by Gasteiger charge is -2.05. The van der Waals surface area contributed by atoms with Crippen molar-refractivity contribution in [3.63, 3.8) is 0 Å². The Kier molecular flexibility index (Phi) is 4.12. The van der Waals surface area contributed by atoms with Crippen LogP contribution in [-0.4, -0.2) is 25.7 Å². The maximum Gasteiger partial charge on any atom is 0.221 e. The van der Waals surface area contributed by atoms with Crippen LogP contribution in [0.1, 0.15) is 6.92 Å². The molecule has 2 aromatic heterocycles. The Balaban J connectivity index is 1.91. The van der Waals surface area contributed by atoms with Crippen LogP contribution in [0.5, 0.6) is 0 Å². The number of anilines is 1. The number of benzene rings is 1. The van der Waals surface area contributed by atoms with Crippen molar-refractivity contribution in [2.24, 2.45) is 7.05 Å². The molecule has 3 aromatic rings. The van der Waals surface area contributed by atoms with Gasteiger partial charge in [0.15, 0.2) is 5.65 Å². The Hall–Kier alpha value is -1.93. The average molecular weight is 378 g/mol. The van der Waals surface area contributed by atoms with Gasteiger partial charge in [0.1, 0.15) is 16.0 Å². The van der Waals surface area contributed by atoms with Crippen molar-refractivity contribution < 1.29 is 4.79 Å². The predicted molar refractivity (Wildman–Crippen MR) is 88.9 cm³/mol. The lowest BCUT2D eigenvalue weighted by atomic mass is 10.3. The molecule has 0 saturated carbocycles. The molecule has 0 unspecified atom stereocenters. The van der Waals surface area contributed by atoms with Gasteiger partial charge >= 0.3 is 0 Å². The zero-order chi connectivity index (χ0) is 15.7. The molecule has 1 aromatic carbocycles. The van der Waals surface area contributed by atoms with Crippen molar-refractivity contribution in [1.82, 2.24) is 19.7 Å². The highest BCUT2D eigenvalue weighted by Gasteiger charge is 2.14. The molecule has 22 heavy (non-hydrogen) atoms. The summed E-state index contributed by atoms with van der Waals surface area (Å²) in [6, 6.07) is 7.60. The molecular weight excluding hydrogens is 366 g/mol. The monoisotopic (exact) mass is 377 g/mol. The van der Waals surface area contributed by atoms with E-state index in [9.17, 15) is 4.79 Å². The number of carbonyl (C=O) groups is 1. The molecule has 6 nitrogen and oxygen atoms in total. The Bertz CT molecular complexity index is 846. The van der Waals surface area contributed by atoms with Gasteiger partial charge in [0.25, 0.3) is 0 Å². The van der Waals surface area contributed by atoms with Crippen LogP contribution in [-0.2, 0) is 11.8 Å². The van der Waals surface area contributed by atoms with Crippen molar-refractivity contribution in [2.75, 3.05) is 5.32 Å². The van der Waals surface area contributed by atoms with E-state index in [-0.39, 0.29) is 5.91 Å². The summed E-state index contributed by atoms with van der Waals surface area (Å²) in [4.78, 5) is 20.6. The number of hydrogen-bond donors (Lipinski definition) is 1. The van der Waals surface area contributed by atoms with Crippen LogP contribution in [0.15, 0.2) is 45.1 Å². The minimum absolute atomic E-state index is 0.0859. The van der Waals surface area contributed by atoms with E-state index in [4.69, 9.17) is 0 Å². The molecule has 0 saturated heterocycles. The van der Waals surface area contributed by atoms with Gasteiger partial charge in [-0.05, 0) is 40.2 Å². The number of rotatable bonds is 3. The second kappa shape index (κ2) is 6.05. The number of halogens is 1. The van der Waals surface area contributed by atoms with E-state index in [0.717, 1.165) is 31.2 Å². The minimum atomic E-state index is -0.0859. The predicted octanol–water partition coefficient (Wildman–Crippen LogP) is 3.24. The number of nitrogens with one attached hydrogen (secondary N) is 1. The molecule has 0 aliphatic rings. The number of carbonyl (C=O) groups excluding carboxylic acids is 1. The van der Waals surface area contributed by atoms with Crippen LogP contribution in [0.25, 0.3) is 11.0 Å². The minimum Gasteiger partial charge on any atom is -0.326 e. The summed E-state index contributed by atoms with van der Waals surface area (Å²) in [7, 11) is 1.84. The molecule has 0 spiro atoms. The van der Waals surface area contributed by atoms with Crippen LogP contribution in [0, 0.1) is 0 Å². The van der Waals surface area contributed by atoms with E-state index in [0.29, 0.717) is 0 Å². The van der Waals surface area contributed by atoms with Crippen molar-refractivity contribution in [2.45, 2.75) is 16.8 Å². The maximum absolute atomic E-state index is 11.0. The number of amides is 1. The van der Waals surface area contributed by atoms with Gasteiger partial charge in [-0.3, -0.25) is 4.79 Å². The molecular formula is C14H12BrN5OS. The number of nitrogens with zero attached hydrogens (tertiary/aromatic N) is 4. The van der Waals surface area contributed by atoms with E-state index in [2.05, 4.69) is 36.3 Å². The molecule has 112 valence electrons. The fourth-order valence-corrected chi connectivity index (χ4v) is 3.63. The van der Waals surface area contributed by atoms with Crippen LogP contribution in [0.2, 0.25) is 0 Å². The SMILES string of the molecule is CC(=O)Nc1ccc(Sc2ncnc3c2c(Br)nn3C)cc1. The second-order valence-electron chi connectivity index (χ2n) is 4.60. The largest absolute Gasteiger partial charge is 0.326 e. The topological polar surface area (TPSA) is 72.7 Å². The molecule has 0 atom stereocenters. The molecule has 3 rings (SSSR count). The zero-order valence-corrected chi connectivity index (χ0v) is 14.3. The average Bonchev–Trinajstić information content (AvgIpc) is 2.77. The van der Waals surface area contributed by atoms with E-state index >= 15 is 0 Å². The number of aryl methyl sites for hydroxylation is 1. The van der Waals surface area contributed by atoms with Crippen LogP contribution in [0.3, 0.4) is 0 Å². The summed E-state index contributed by atoms with van der Waals surface area (Å²) >= 11 is 4.97. The van der Waals surface area contributed by atoms with Gasteiger partial charge in [-0.15, -0.1) is 0 Å². The number of fused-ring (bicyclic) bond motifs is 1. The first kappa shape index (κ1) is 15.0. The summed E-state index contributed by atoms with van der Waals surface area (Å²) < 4.78 is 2.44. The molecule has 1 N–H and O–H groups in total. The van der Waals surface area contributed by atoms with Crippen LogP contribution < -0.4 is 5.32 Å². The first-order valence-electron chi connectivity index (χ1n) is 6.43. The summed E-state index contributed by atoms with van der Waals surface area (Å²) in [5.41, 5.74) is 1.55. The van der Waals surface area contributed by atoms with Gasteiger partial charge in [0, 0.05) is 24.6 Å². The van der Waals surface area contributed by atoms with E-state index in [1.807, 2.05) is 31.3 Å². The fraction of sp³-hybridized carbons (Fsp3) is 0.143. The van der Waals surface area contributed by atoms with Gasteiger partial charge in [-0.1, -0.05) is 11.8 Å². The number of hydrogen-bond acceptors (Lipinski definition) is 5. The standard InChI is InChI=1S/C14H12BrN5OS/c1-8(21)18-9-3-5-10(6-4-9)22-14-11-12(15)19-20(2)13(11)16-7-17-14/h3-7H,1-2H3,(H,18,21). The summed E-state index contributed by atoms with van der Waals surface area (Å²) in [5, 5.41) is 8.77. The summed E-state index contributed by atoms with van der Waals surface area (Å²) in [6.07, 6.45) is 1.53. The molecule has 2 heterocycles. The molecule has 1 amide bonds. The normalized spacial score (nSPS) is 10.9. The van der Waals surface area contributed by atoms with Gasteiger partial charge in [0.05, 0.1) is 5.39 Å². The first-order valence-corrected chi connectivity index (χ1v) is 8.04. The van der Waals surface area contributed by atoms with Crippen molar-refractivity contribution in [1.29, 1.82) is 0 Å². The Morgan fingerprint density at radius 3 is 2.68 bits per heavy atom. The summed E-state index contributed by atoms with van der Waals surface area (Å²) in [6.45, 7) is 1.49. The van der Waals surface area contributed by atoms with Crippen LogP contribution in [0.4, 0.5) is 5.69 Å². The van der Waals surface area contributed by atoms with Gasteiger partial charge in [-0.25, -0.2) is 14.6 Å². The smallest absolute Gasteiger partial charge is 0.221 e. The third-order valence-corrected chi connectivity index (χ3v) is 4.50. The van der Waals surface area contributed by atoms with Gasteiger partial charge < -0.3 is 5.32 Å². The zero-order valence-electron chi connectivity index (χ0n) is 11.9. The molecule has 0 radical (unpaired) electrons. The first-order chi connectivity index (χ1) is 10.5. The second-order valence-corrected chi connectivity index (χ2v) is 6.41. The van der Waals surface area contributed by atoms with E-state index in [1.165, 1.54) is 25.0 Å². The van der Waals surface area contributed by atoms with Gasteiger partial charge in [0.2, 0.25) is 5.91 Å².